The van der Waals surface area contributed by atoms with Crippen LogP contribution in [0.5, 0.6) is 0 Å². The molecule has 8 nitrogen and oxygen atoms in total. The van der Waals surface area contributed by atoms with Crippen LogP contribution in [0.4, 0.5) is 23.3 Å². The third-order valence-electron chi connectivity index (χ3n) is 8.11. The van der Waals surface area contributed by atoms with Gasteiger partial charge in [-0.25, -0.2) is 15.0 Å². The van der Waals surface area contributed by atoms with Crippen LogP contribution >= 0.6 is 11.3 Å². The molecule has 1 aliphatic carbocycles. The fourth-order valence-corrected chi connectivity index (χ4v) is 7.33. The molecule has 35 heavy (non-hydrogen) atoms. The summed E-state index contributed by atoms with van der Waals surface area (Å²) >= 11 is 1.70. The largest absolute Gasteiger partial charge is 0.385 e. The maximum atomic E-state index is 4.99. The van der Waals surface area contributed by atoms with Crippen molar-refractivity contribution in [2.45, 2.75) is 43.8 Å². The molecule has 0 amide bonds. The number of pyridine rings is 1. The predicted molar refractivity (Wildman–Crippen MR) is 140 cm³/mol. The Kier molecular flexibility index (Phi) is 3.93. The van der Waals surface area contributed by atoms with E-state index in [-0.39, 0.29) is 0 Å². The Morgan fingerprint density at radius 3 is 2.94 bits per heavy atom. The quantitative estimate of drug-likeness (QED) is 0.419. The highest BCUT2D eigenvalue weighted by Crippen LogP contribution is 2.67. The van der Waals surface area contributed by atoms with Crippen LogP contribution in [-0.4, -0.2) is 62.6 Å². The first kappa shape index (κ1) is 19.9. The van der Waals surface area contributed by atoms with Gasteiger partial charge in [0.25, 0.3) is 0 Å². The van der Waals surface area contributed by atoms with Gasteiger partial charge in [-0.05, 0) is 44.9 Å². The number of aryl methyl sites for hydroxylation is 1. The van der Waals surface area contributed by atoms with Gasteiger partial charge in [-0.3, -0.25) is 4.90 Å². The lowest BCUT2D eigenvalue weighted by molar-refractivity contribution is 0.353. The van der Waals surface area contributed by atoms with Crippen molar-refractivity contribution in [2.75, 3.05) is 35.7 Å². The molecular weight excluding hydrogens is 456 g/mol. The molecule has 1 spiro atoms. The van der Waals surface area contributed by atoms with Gasteiger partial charge in [0, 0.05) is 54.4 Å². The Balaban J connectivity index is 1.09. The van der Waals surface area contributed by atoms with E-state index in [0.717, 1.165) is 64.4 Å². The summed E-state index contributed by atoms with van der Waals surface area (Å²) in [6.45, 7) is 4.18. The van der Waals surface area contributed by atoms with Gasteiger partial charge in [-0.15, -0.1) is 11.3 Å². The van der Waals surface area contributed by atoms with E-state index in [4.69, 9.17) is 15.0 Å². The number of likely N-dealkylation sites (tertiary alicyclic amines) is 1. The Morgan fingerprint density at radius 2 is 2.09 bits per heavy atom. The first-order valence-electron chi connectivity index (χ1n) is 12.4. The second-order valence-corrected chi connectivity index (χ2v) is 11.3. The lowest BCUT2D eigenvalue weighted by Gasteiger charge is -2.20. The highest BCUT2D eigenvalue weighted by atomic mass is 32.1. The summed E-state index contributed by atoms with van der Waals surface area (Å²) in [7, 11) is 2.23. The Morgan fingerprint density at radius 1 is 1.14 bits per heavy atom. The molecule has 8 rings (SSSR count). The number of likely N-dealkylation sites (N-methyl/N-ethyl adjacent to an activating group) is 1. The number of fused-ring (bicyclic) bond motifs is 2. The van der Waals surface area contributed by atoms with Crippen LogP contribution in [-0.2, 0) is 6.42 Å². The summed E-state index contributed by atoms with van der Waals surface area (Å²) in [6, 6.07) is 11.7. The van der Waals surface area contributed by atoms with E-state index in [2.05, 4.69) is 50.7 Å². The van der Waals surface area contributed by atoms with Gasteiger partial charge in [0.15, 0.2) is 0 Å². The third kappa shape index (κ3) is 2.88. The van der Waals surface area contributed by atoms with E-state index >= 15 is 0 Å². The van der Waals surface area contributed by atoms with Gasteiger partial charge in [0.2, 0.25) is 5.95 Å². The summed E-state index contributed by atoms with van der Waals surface area (Å²) < 4.78 is 1.09. The molecule has 6 heterocycles. The molecule has 176 valence electrons. The molecule has 3 aliphatic heterocycles. The molecule has 2 saturated heterocycles. The van der Waals surface area contributed by atoms with Gasteiger partial charge < -0.3 is 15.5 Å². The van der Waals surface area contributed by atoms with Crippen LogP contribution in [0.25, 0.3) is 20.8 Å². The summed E-state index contributed by atoms with van der Waals surface area (Å²) in [5.41, 5.74) is 6.07. The lowest BCUT2D eigenvalue weighted by Crippen LogP contribution is -2.27. The molecule has 3 atom stereocenters. The molecule has 0 bridgehead atoms. The summed E-state index contributed by atoms with van der Waals surface area (Å²) in [5, 5.41) is 7.99. The molecule has 1 saturated carbocycles. The van der Waals surface area contributed by atoms with Gasteiger partial charge in [-0.2, -0.15) is 4.98 Å². The van der Waals surface area contributed by atoms with Crippen molar-refractivity contribution in [3.8, 4) is 10.6 Å². The van der Waals surface area contributed by atoms with Gasteiger partial charge in [0.05, 0.1) is 21.8 Å². The number of hydrogen-bond acceptors (Lipinski definition) is 9. The fourth-order valence-electron chi connectivity index (χ4n) is 6.37. The zero-order valence-corrected chi connectivity index (χ0v) is 20.6. The Labute approximate surface area is 207 Å². The van der Waals surface area contributed by atoms with Crippen LogP contribution in [0.3, 0.4) is 0 Å². The molecule has 3 aromatic heterocycles. The maximum absolute atomic E-state index is 4.99. The number of hydrogen-bond donors (Lipinski definition) is 2. The van der Waals surface area contributed by atoms with E-state index in [9.17, 15) is 0 Å². The van der Waals surface area contributed by atoms with Crippen molar-refractivity contribution in [3.05, 3.63) is 47.8 Å². The van der Waals surface area contributed by atoms with Crippen molar-refractivity contribution < 1.29 is 0 Å². The number of nitrogens with one attached hydrogen (secondary N) is 2. The zero-order chi connectivity index (χ0) is 23.3. The zero-order valence-electron chi connectivity index (χ0n) is 19.7. The van der Waals surface area contributed by atoms with Crippen LogP contribution in [0.15, 0.2) is 36.5 Å². The minimum atomic E-state index is 0.306. The summed E-state index contributed by atoms with van der Waals surface area (Å²) in [5.74, 6) is 2.38. The standard InChI is InChI=1S/C26H26N8S/c1-14-9-23(32-25(29-14)34-21-13-33(2)20-11-26(20,21)34)31-22-10-18-19(12-28-22)35-24(30-18)16-5-3-7-17-15(16)6-4-8-27-17/h3,5,7,9-10,12,20-21,27H,4,6,8,11,13H2,1-2H3,(H,28,29,31,32)/t20-,21+,26?,34?/m0/s1. The molecule has 9 heteroatoms. The number of piperazine rings is 1. The van der Waals surface area contributed by atoms with Crippen molar-refractivity contribution >= 4 is 44.8 Å². The molecule has 1 unspecified atom stereocenters. The van der Waals surface area contributed by atoms with Crippen LogP contribution in [0.2, 0.25) is 0 Å². The Hall–Kier alpha value is -3.30. The number of anilines is 4. The maximum Gasteiger partial charge on any atom is 0.228 e. The second kappa shape index (κ2) is 6.89. The van der Waals surface area contributed by atoms with Crippen molar-refractivity contribution in [1.82, 2.24) is 24.8 Å². The molecule has 4 aromatic rings. The topological polar surface area (TPSA) is 81.9 Å². The van der Waals surface area contributed by atoms with Crippen LogP contribution in [0, 0.1) is 6.92 Å². The lowest BCUT2D eigenvalue weighted by atomic mass is 9.98. The van der Waals surface area contributed by atoms with E-state index in [1.807, 2.05) is 25.3 Å². The average Bonchev–Trinajstić information content (AvgIpc) is 3.65. The van der Waals surface area contributed by atoms with Gasteiger partial charge in [0.1, 0.15) is 16.6 Å². The van der Waals surface area contributed by atoms with Gasteiger partial charge in [-0.1, -0.05) is 12.1 Å². The Bertz CT molecular complexity index is 1510. The molecule has 0 radical (unpaired) electrons. The fraction of sp³-hybridized carbons (Fsp3) is 0.385. The number of piperidine rings is 1. The number of nitrogens with zero attached hydrogens (tertiary/aromatic N) is 6. The summed E-state index contributed by atoms with van der Waals surface area (Å²) in [4.78, 5) is 24.2. The number of aromatic nitrogens is 4. The SMILES string of the molecule is Cc1cc(Nc2cc3nc(-c4cccc5c4CCCN5)sc3cn2)nc(N2[C@@H]3CN(C)[C@H]4CC432)n1. The highest BCUT2D eigenvalue weighted by Gasteiger charge is 2.83. The smallest absolute Gasteiger partial charge is 0.228 e. The molecule has 1 aromatic carbocycles. The number of benzene rings is 1. The van der Waals surface area contributed by atoms with Crippen molar-refractivity contribution in [1.29, 1.82) is 0 Å². The first-order chi connectivity index (χ1) is 17.1. The number of thiazole rings is 1. The van der Waals surface area contributed by atoms with E-state index < -0.39 is 0 Å². The average molecular weight is 483 g/mol. The monoisotopic (exact) mass is 482 g/mol. The molecule has 4 aliphatic rings. The predicted octanol–water partition coefficient (Wildman–Crippen LogP) is 4.20. The third-order valence-corrected chi connectivity index (χ3v) is 9.15. The second-order valence-electron chi connectivity index (χ2n) is 10.3. The molecular formula is C26H26N8S. The molecule has 2 N–H and O–H groups in total. The van der Waals surface area contributed by atoms with Crippen LogP contribution in [0.1, 0.15) is 24.1 Å². The van der Waals surface area contributed by atoms with Gasteiger partial charge >= 0.3 is 0 Å². The number of rotatable bonds is 4. The van der Waals surface area contributed by atoms with Crippen LogP contribution < -0.4 is 15.5 Å². The van der Waals surface area contributed by atoms with E-state index in [0.29, 0.717) is 17.6 Å². The minimum absolute atomic E-state index is 0.306. The highest BCUT2D eigenvalue weighted by molar-refractivity contribution is 7.21. The first-order valence-corrected chi connectivity index (χ1v) is 13.2. The minimum Gasteiger partial charge on any atom is -0.385 e. The van der Waals surface area contributed by atoms with Crippen molar-refractivity contribution in [2.24, 2.45) is 0 Å². The molecule has 3 fully saturated rings. The normalized spacial score (nSPS) is 26.2. The summed E-state index contributed by atoms with van der Waals surface area (Å²) in [6.07, 6.45) is 5.39. The van der Waals surface area contributed by atoms with E-state index in [1.165, 1.54) is 23.2 Å². The van der Waals surface area contributed by atoms with Crippen molar-refractivity contribution in [3.63, 3.8) is 0 Å². The van der Waals surface area contributed by atoms with E-state index in [1.54, 1.807) is 11.3 Å².